The van der Waals surface area contributed by atoms with Crippen LogP contribution >= 0.6 is 0 Å². The van der Waals surface area contributed by atoms with Gasteiger partial charge in [0.2, 0.25) is 0 Å². The van der Waals surface area contributed by atoms with Gasteiger partial charge in [0.05, 0.1) is 23.3 Å². The predicted octanol–water partition coefficient (Wildman–Crippen LogP) is 6.04. The van der Waals surface area contributed by atoms with E-state index in [0.29, 0.717) is 6.61 Å². The van der Waals surface area contributed by atoms with Gasteiger partial charge < -0.3 is 9.30 Å². The van der Waals surface area contributed by atoms with E-state index in [2.05, 4.69) is 35.6 Å². The number of methoxy groups -OCH3 is 1. The molecule has 168 valence electrons. The van der Waals surface area contributed by atoms with E-state index in [1.165, 1.54) is 16.8 Å². The third-order valence-corrected chi connectivity index (χ3v) is 5.90. The number of ether oxygens (including phenoxy) is 1. The number of benzene rings is 2. The van der Waals surface area contributed by atoms with Crippen LogP contribution in [0.15, 0.2) is 42.5 Å². The van der Waals surface area contributed by atoms with E-state index in [1.807, 2.05) is 33.8 Å². The number of nitrogens with zero attached hydrogens (tertiary/aromatic N) is 3. The average molecular weight is 436 g/mol. The number of halogens is 1. The molecule has 0 spiro atoms. The summed E-state index contributed by atoms with van der Waals surface area (Å²) in [6.07, 6.45) is 0. The third-order valence-electron chi connectivity index (χ3n) is 5.90. The van der Waals surface area contributed by atoms with E-state index in [1.54, 1.807) is 19.2 Å². The van der Waals surface area contributed by atoms with Gasteiger partial charge >= 0.3 is 0 Å². The Balaban J connectivity index is 2.06. The van der Waals surface area contributed by atoms with E-state index >= 15 is 0 Å². The molecule has 0 bridgehead atoms. The lowest BCUT2D eigenvalue weighted by atomic mass is 9.90. The molecule has 2 heterocycles. The Kier molecular flexibility index (Phi) is 5.24. The molecule has 0 N–H and O–H groups in total. The van der Waals surface area contributed by atoms with Crippen molar-refractivity contribution in [3.8, 4) is 5.69 Å². The molecule has 4 rings (SSSR count). The zero-order chi connectivity index (χ0) is 23.4. The largest absolute Gasteiger partial charge is 0.384 e. The minimum absolute atomic E-state index is 0.0483. The standard InChI is InChI=1S/C26H30FN3O2/c1-16-20-14-21-17(12-22(20)30(28-16)24(31)25(2,3)4)13-23(26(5,6)15-32-7)29(21)19-10-8-18(27)9-11-19/h8-14H,15H2,1-7H3. The van der Waals surface area contributed by atoms with Gasteiger partial charge in [0, 0.05) is 40.1 Å². The summed E-state index contributed by atoms with van der Waals surface area (Å²) in [4.78, 5) is 13.0. The SMILES string of the molecule is COCC(C)(C)c1cc2cc3c(cc2n1-c1ccc(F)cc1)c(C)nn3C(=O)C(C)(C)C. The van der Waals surface area contributed by atoms with Crippen molar-refractivity contribution in [2.45, 2.75) is 47.0 Å². The first kappa shape index (κ1) is 22.2. The number of rotatable bonds is 4. The lowest BCUT2D eigenvalue weighted by molar-refractivity contribution is 0.0755. The first-order valence-electron chi connectivity index (χ1n) is 10.8. The number of aromatic nitrogens is 3. The number of carbonyl (C=O) groups excluding carboxylic acids is 1. The van der Waals surface area contributed by atoms with Gasteiger partial charge in [-0.05, 0) is 49.4 Å². The van der Waals surface area contributed by atoms with E-state index in [9.17, 15) is 9.18 Å². The first-order valence-corrected chi connectivity index (χ1v) is 10.8. The lowest BCUT2D eigenvalue weighted by Gasteiger charge is -2.26. The molecule has 32 heavy (non-hydrogen) atoms. The van der Waals surface area contributed by atoms with Crippen molar-refractivity contribution in [2.75, 3.05) is 13.7 Å². The fraction of sp³-hybridized carbons (Fsp3) is 0.385. The molecule has 0 fully saturated rings. The molecule has 0 aliphatic carbocycles. The highest BCUT2D eigenvalue weighted by Gasteiger charge is 2.29. The molecule has 0 aliphatic heterocycles. The van der Waals surface area contributed by atoms with Crippen LogP contribution in [0.3, 0.4) is 0 Å². The summed E-state index contributed by atoms with van der Waals surface area (Å²) >= 11 is 0. The molecule has 0 unspecified atom stereocenters. The van der Waals surface area contributed by atoms with Gasteiger partial charge in [-0.25, -0.2) is 4.39 Å². The minimum Gasteiger partial charge on any atom is -0.384 e. The van der Waals surface area contributed by atoms with Crippen molar-refractivity contribution in [3.63, 3.8) is 0 Å². The Bertz CT molecular complexity index is 1320. The lowest BCUT2D eigenvalue weighted by Crippen LogP contribution is -2.27. The molecular weight excluding hydrogens is 405 g/mol. The maximum Gasteiger partial charge on any atom is 0.252 e. The van der Waals surface area contributed by atoms with Crippen molar-refractivity contribution in [2.24, 2.45) is 5.41 Å². The van der Waals surface area contributed by atoms with Crippen LogP contribution in [0.2, 0.25) is 0 Å². The molecule has 0 aliphatic rings. The maximum absolute atomic E-state index is 13.7. The van der Waals surface area contributed by atoms with E-state index < -0.39 is 5.41 Å². The van der Waals surface area contributed by atoms with Crippen molar-refractivity contribution in [1.82, 2.24) is 14.3 Å². The van der Waals surface area contributed by atoms with Crippen LogP contribution in [0.5, 0.6) is 0 Å². The Morgan fingerprint density at radius 2 is 1.69 bits per heavy atom. The van der Waals surface area contributed by atoms with Gasteiger partial charge in [0.25, 0.3) is 5.91 Å². The summed E-state index contributed by atoms with van der Waals surface area (Å²) in [5.41, 5.74) is 3.65. The second-order valence-corrected chi connectivity index (χ2v) is 10.1. The van der Waals surface area contributed by atoms with Gasteiger partial charge in [0.15, 0.2) is 0 Å². The van der Waals surface area contributed by atoms with Crippen LogP contribution in [0.4, 0.5) is 4.39 Å². The van der Waals surface area contributed by atoms with E-state index in [4.69, 9.17) is 4.74 Å². The summed E-state index contributed by atoms with van der Waals surface area (Å²) in [5, 5.41) is 6.48. The van der Waals surface area contributed by atoms with Gasteiger partial charge in [0.1, 0.15) is 5.82 Å². The van der Waals surface area contributed by atoms with Crippen LogP contribution in [0.1, 0.15) is 50.8 Å². The fourth-order valence-corrected chi connectivity index (χ4v) is 4.24. The van der Waals surface area contributed by atoms with Crippen molar-refractivity contribution < 1.29 is 13.9 Å². The molecule has 2 aromatic carbocycles. The summed E-state index contributed by atoms with van der Waals surface area (Å²) < 4.78 is 22.8. The monoisotopic (exact) mass is 435 g/mol. The van der Waals surface area contributed by atoms with Gasteiger partial charge in [-0.15, -0.1) is 0 Å². The van der Waals surface area contributed by atoms with E-state index in [0.717, 1.165) is 38.9 Å². The second-order valence-electron chi connectivity index (χ2n) is 10.1. The van der Waals surface area contributed by atoms with Crippen molar-refractivity contribution in [3.05, 3.63) is 59.7 Å². The Labute approximate surface area is 187 Å². The molecule has 5 nitrogen and oxygen atoms in total. The Morgan fingerprint density at radius 1 is 1.03 bits per heavy atom. The van der Waals surface area contributed by atoms with Crippen LogP contribution in [-0.4, -0.2) is 34.0 Å². The number of hydrogen-bond donors (Lipinski definition) is 0. The van der Waals surface area contributed by atoms with Crippen molar-refractivity contribution >= 4 is 27.7 Å². The zero-order valence-electron chi connectivity index (χ0n) is 19.8. The highest BCUT2D eigenvalue weighted by Crippen LogP contribution is 2.36. The number of aryl methyl sites for hydroxylation is 1. The Morgan fingerprint density at radius 3 is 2.28 bits per heavy atom. The van der Waals surface area contributed by atoms with Crippen LogP contribution < -0.4 is 0 Å². The third kappa shape index (κ3) is 3.62. The van der Waals surface area contributed by atoms with Crippen LogP contribution in [0, 0.1) is 18.2 Å². The highest BCUT2D eigenvalue weighted by atomic mass is 19.1. The molecule has 0 atom stereocenters. The zero-order valence-corrected chi connectivity index (χ0v) is 19.8. The second kappa shape index (κ2) is 7.55. The summed E-state index contributed by atoms with van der Waals surface area (Å²) in [5.74, 6) is -0.323. The normalized spacial score (nSPS) is 12.8. The van der Waals surface area contributed by atoms with Gasteiger partial charge in [-0.3, -0.25) is 4.79 Å². The minimum atomic E-state index is -0.550. The summed E-state index contributed by atoms with van der Waals surface area (Å²) in [7, 11) is 1.69. The highest BCUT2D eigenvalue weighted by molar-refractivity contribution is 6.02. The summed E-state index contributed by atoms with van der Waals surface area (Å²) in [6.45, 7) is 12.4. The predicted molar refractivity (Wildman–Crippen MR) is 126 cm³/mol. The fourth-order valence-electron chi connectivity index (χ4n) is 4.24. The molecule has 0 amide bonds. The molecule has 6 heteroatoms. The number of carbonyl (C=O) groups is 1. The Hall–Kier alpha value is -2.99. The number of fused-ring (bicyclic) bond motifs is 2. The molecular formula is C26H30FN3O2. The molecule has 2 aromatic heterocycles. The van der Waals surface area contributed by atoms with Crippen LogP contribution in [0.25, 0.3) is 27.5 Å². The topological polar surface area (TPSA) is 49.0 Å². The molecule has 4 aromatic rings. The first-order chi connectivity index (χ1) is 14.9. The van der Waals surface area contributed by atoms with Gasteiger partial charge in [-0.1, -0.05) is 34.6 Å². The summed E-state index contributed by atoms with van der Waals surface area (Å²) in [6, 6.07) is 12.7. The molecule has 0 saturated carbocycles. The average Bonchev–Trinajstić information content (AvgIpc) is 3.24. The maximum atomic E-state index is 13.7. The quantitative estimate of drug-likeness (QED) is 0.393. The van der Waals surface area contributed by atoms with Crippen LogP contribution in [-0.2, 0) is 10.2 Å². The molecule has 0 saturated heterocycles. The smallest absolute Gasteiger partial charge is 0.252 e. The van der Waals surface area contributed by atoms with E-state index in [-0.39, 0.29) is 17.1 Å². The van der Waals surface area contributed by atoms with Gasteiger partial charge in [-0.2, -0.15) is 9.78 Å². The molecule has 0 radical (unpaired) electrons. The van der Waals surface area contributed by atoms with Crippen molar-refractivity contribution in [1.29, 1.82) is 0 Å². The number of hydrogen-bond acceptors (Lipinski definition) is 3.